The second-order valence-electron chi connectivity index (χ2n) is 3.92. The predicted molar refractivity (Wildman–Crippen MR) is 63.2 cm³/mol. The SMILES string of the molecule is Fc1ccc2c(c1)CCC2Nc1nccs1. The quantitative estimate of drug-likeness (QED) is 0.861. The van der Waals surface area contributed by atoms with Gasteiger partial charge in [0.25, 0.3) is 0 Å². The third-order valence-electron chi connectivity index (χ3n) is 2.91. The standard InChI is InChI=1S/C12H11FN2S/c13-9-2-3-10-8(7-9)1-4-11(10)15-12-14-5-6-16-12/h2-3,5-7,11H,1,4H2,(H,14,15). The topological polar surface area (TPSA) is 24.9 Å². The van der Waals surface area contributed by atoms with Gasteiger partial charge in [-0.05, 0) is 36.1 Å². The van der Waals surface area contributed by atoms with Crippen molar-refractivity contribution in [1.29, 1.82) is 0 Å². The van der Waals surface area contributed by atoms with E-state index in [1.165, 1.54) is 11.6 Å². The second kappa shape index (κ2) is 3.87. The molecule has 0 spiro atoms. The molecule has 1 aromatic heterocycles. The summed E-state index contributed by atoms with van der Waals surface area (Å²) in [6.45, 7) is 0. The first-order chi connectivity index (χ1) is 7.83. The third-order valence-corrected chi connectivity index (χ3v) is 3.62. The smallest absolute Gasteiger partial charge is 0.183 e. The van der Waals surface area contributed by atoms with Gasteiger partial charge in [0.05, 0.1) is 6.04 Å². The Morgan fingerprint density at radius 3 is 3.19 bits per heavy atom. The molecule has 2 nitrogen and oxygen atoms in total. The molecule has 1 aromatic carbocycles. The molecule has 0 saturated heterocycles. The van der Waals surface area contributed by atoms with Crippen LogP contribution in [0.5, 0.6) is 0 Å². The molecule has 16 heavy (non-hydrogen) atoms. The molecular weight excluding hydrogens is 223 g/mol. The Bertz CT molecular complexity index is 496. The van der Waals surface area contributed by atoms with Crippen LogP contribution in [0.25, 0.3) is 0 Å². The summed E-state index contributed by atoms with van der Waals surface area (Å²) in [5.74, 6) is -0.145. The van der Waals surface area contributed by atoms with E-state index >= 15 is 0 Å². The second-order valence-corrected chi connectivity index (χ2v) is 4.81. The van der Waals surface area contributed by atoms with E-state index in [9.17, 15) is 4.39 Å². The fourth-order valence-corrected chi connectivity index (χ4v) is 2.76. The van der Waals surface area contributed by atoms with Crippen LogP contribution in [0.2, 0.25) is 0 Å². The zero-order valence-electron chi connectivity index (χ0n) is 8.61. The summed E-state index contributed by atoms with van der Waals surface area (Å²) in [5, 5.41) is 6.26. The first kappa shape index (κ1) is 9.78. The van der Waals surface area contributed by atoms with Crippen molar-refractivity contribution in [3.05, 3.63) is 46.7 Å². The Hall–Kier alpha value is -1.42. The van der Waals surface area contributed by atoms with E-state index < -0.39 is 0 Å². The Morgan fingerprint density at radius 1 is 1.44 bits per heavy atom. The van der Waals surface area contributed by atoms with Crippen molar-refractivity contribution in [2.75, 3.05) is 5.32 Å². The average molecular weight is 234 g/mol. The molecule has 0 fully saturated rings. The number of hydrogen-bond acceptors (Lipinski definition) is 3. The van der Waals surface area contributed by atoms with Crippen LogP contribution in [0.3, 0.4) is 0 Å². The normalized spacial score (nSPS) is 18.4. The highest BCUT2D eigenvalue weighted by Gasteiger charge is 2.22. The largest absolute Gasteiger partial charge is 0.355 e. The van der Waals surface area contributed by atoms with E-state index in [4.69, 9.17) is 0 Å². The fraction of sp³-hybridized carbons (Fsp3) is 0.250. The Balaban J connectivity index is 1.86. The molecule has 1 heterocycles. The number of nitrogens with one attached hydrogen (secondary N) is 1. The number of anilines is 1. The van der Waals surface area contributed by atoms with Crippen LogP contribution in [0.1, 0.15) is 23.6 Å². The van der Waals surface area contributed by atoms with E-state index in [1.807, 2.05) is 11.4 Å². The molecule has 1 aliphatic rings. The van der Waals surface area contributed by atoms with Crippen molar-refractivity contribution in [2.45, 2.75) is 18.9 Å². The number of hydrogen-bond donors (Lipinski definition) is 1. The minimum Gasteiger partial charge on any atom is -0.355 e. The van der Waals surface area contributed by atoms with Crippen molar-refractivity contribution in [3.8, 4) is 0 Å². The number of aromatic nitrogens is 1. The zero-order valence-corrected chi connectivity index (χ0v) is 9.43. The molecule has 4 heteroatoms. The summed E-state index contributed by atoms with van der Waals surface area (Å²) in [7, 11) is 0. The van der Waals surface area contributed by atoms with E-state index in [0.717, 1.165) is 23.5 Å². The average Bonchev–Trinajstić information content (AvgIpc) is 2.89. The molecule has 0 saturated carbocycles. The molecule has 1 aliphatic carbocycles. The zero-order chi connectivity index (χ0) is 11.0. The third kappa shape index (κ3) is 1.69. The number of fused-ring (bicyclic) bond motifs is 1. The number of rotatable bonds is 2. The number of thiazole rings is 1. The molecule has 2 aromatic rings. The maximum atomic E-state index is 13.0. The molecule has 82 valence electrons. The van der Waals surface area contributed by atoms with E-state index in [1.54, 1.807) is 23.6 Å². The lowest BCUT2D eigenvalue weighted by atomic mass is 10.1. The Morgan fingerprint density at radius 2 is 2.38 bits per heavy atom. The number of nitrogens with zero attached hydrogens (tertiary/aromatic N) is 1. The van der Waals surface area contributed by atoms with Crippen molar-refractivity contribution in [3.63, 3.8) is 0 Å². The van der Waals surface area contributed by atoms with Crippen LogP contribution in [0.4, 0.5) is 9.52 Å². The van der Waals surface area contributed by atoms with Crippen molar-refractivity contribution < 1.29 is 4.39 Å². The molecule has 3 rings (SSSR count). The molecule has 0 aliphatic heterocycles. The van der Waals surface area contributed by atoms with E-state index in [0.29, 0.717) is 0 Å². The monoisotopic (exact) mass is 234 g/mol. The van der Waals surface area contributed by atoms with Gasteiger partial charge in [-0.15, -0.1) is 11.3 Å². The van der Waals surface area contributed by atoms with Gasteiger partial charge in [0, 0.05) is 11.6 Å². The molecule has 0 radical (unpaired) electrons. The first-order valence-electron chi connectivity index (χ1n) is 5.27. The van der Waals surface area contributed by atoms with Crippen LogP contribution in [-0.2, 0) is 6.42 Å². The maximum absolute atomic E-state index is 13.0. The van der Waals surface area contributed by atoms with Gasteiger partial charge >= 0.3 is 0 Å². The fourth-order valence-electron chi connectivity index (χ4n) is 2.18. The molecule has 0 bridgehead atoms. The van der Waals surface area contributed by atoms with Gasteiger partial charge in [-0.2, -0.15) is 0 Å². The lowest BCUT2D eigenvalue weighted by Gasteiger charge is -2.12. The lowest BCUT2D eigenvalue weighted by Crippen LogP contribution is -2.06. The van der Waals surface area contributed by atoms with Crippen LogP contribution in [-0.4, -0.2) is 4.98 Å². The summed E-state index contributed by atoms with van der Waals surface area (Å²) in [5.41, 5.74) is 2.32. The molecular formula is C12H11FN2S. The van der Waals surface area contributed by atoms with Gasteiger partial charge < -0.3 is 5.32 Å². The van der Waals surface area contributed by atoms with Gasteiger partial charge in [-0.1, -0.05) is 6.07 Å². The number of aryl methyl sites for hydroxylation is 1. The van der Waals surface area contributed by atoms with Crippen molar-refractivity contribution >= 4 is 16.5 Å². The van der Waals surface area contributed by atoms with Crippen molar-refractivity contribution in [1.82, 2.24) is 4.98 Å². The molecule has 1 atom stereocenters. The molecule has 1 N–H and O–H groups in total. The van der Waals surface area contributed by atoms with Crippen LogP contribution in [0, 0.1) is 5.82 Å². The Kier molecular flexibility index (Phi) is 2.36. The van der Waals surface area contributed by atoms with Crippen LogP contribution in [0.15, 0.2) is 29.8 Å². The highest BCUT2D eigenvalue weighted by atomic mass is 32.1. The van der Waals surface area contributed by atoms with Gasteiger partial charge in [0.2, 0.25) is 0 Å². The summed E-state index contributed by atoms with van der Waals surface area (Å²) in [6, 6.07) is 5.32. The summed E-state index contributed by atoms with van der Waals surface area (Å²) >= 11 is 1.59. The highest BCUT2D eigenvalue weighted by molar-refractivity contribution is 7.13. The summed E-state index contributed by atoms with van der Waals surface area (Å²) < 4.78 is 13.0. The van der Waals surface area contributed by atoms with Gasteiger partial charge in [0.15, 0.2) is 5.13 Å². The summed E-state index contributed by atoms with van der Waals surface area (Å²) in [4.78, 5) is 4.20. The highest BCUT2D eigenvalue weighted by Crippen LogP contribution is 2.34. The number of halogens is 1. The predicted octanol–water partition coefficient (Wildman–Crippen LogP) is 3.38. The van der Waals surface area contributed by atoms with Gasteiger partial charge in [-0.25, -0.2) is 9.37 Å². The lowest BCUT2D eigenvalue weighted by molar-refractivity contribution is 0.626. The van der Waals surface area contributed by atoms with Crippen LogP contribution >= 0.6 is 11.3 Å². The maximum Gasteiger partial charge on any atom is 0.183 e. The van der Waals surface area contributed by atoms with E-state index in [-0.39, 0.29) is 11.9 Å². The van der Waals surface area contributed by atoms with E-state index in [2.05, 4.69) is 10.3 Å². The molecule has 0 amide bonds. The van der Waals surface area contributed by atoms with Gasteiger partial charge in [-0.3, -0.25) is 0 Å². The molecule has 1 unspecified atom stereocenters. The number of benzene rings is 1. The summed E-state index contributed by atoms with van der Waals surface area (Å²) in [6.07, 6.45) is 3.74. The van der Waals surface area contributed by atoms with Crippen LogP contribution < -0.4 is 5.32 Å². The first-order valence-corrected chi connectivity index (χ1v) is 6.15. The minimum atomic E-state index is -0.145. The van der Waals surface area contributed by atoms with Crippen molar-refractivity contribution in [2.24, 2.45) is 0 Å². The minimum absolute atomic E-state index is 0.145. The van der Waals surface area contributed by atoms with Gasteiger partial charge in [0.1, 0.15) is 5.82 Å². The Labute approximate surface area is 97.2 Å².